The topological polar surface area (TPSA) is 111 Å². The van der Waals surface area contributed by atoms with Gasteiger partial charge in [0.05, 0.1) is 12.4 Å². The van der Waals surface area contributed by atoms with Gasteiger partial charge in [0.15, 0.2) is 0 Å². The van der Waals surface area contributed by atoms with Crippen LogP contribution in [0, 0.1) is 0 Å². The van der Waals surface area contributed by atoms with Crippen molar-refractivity contribution in [2.24, 2.45) is 0 Å². The zero-order valence-electron chi connectivity index (χ0n) is 24.8. The number of nitrogens with one attached hydrogen (secondary N) is 2. The van der Waals surface area contributed by atoms with Crippen molar-refractivity contribution in [1.29, 1.82) is 0 Å². The first kappa shape index (κ1) is 33.7. The van der Waals surface area contributed by atoms with E-state index in [2.05, 4.69) is 47.0 Å². The number of sulfonamides is 1. The molecule has 9 nitrogen and oxygen atoms in total. The Bertz CT molecular complexity index is 1270. The smallest absolute Gasteiger partial charge is 0.318 e. The predicted octanol–water partition coefficient (Wildman–Crippen LogP) is 5.52. The lowest BCUT2D eigenvalue weighted by Crippen LogP contribution is -2.53. The molecule has 2 fully saturated rings. The van der Waals surface area contributed by atoms with Crippen molar-refractivity contribution in [1.82, 2.24) is 15.1 Å². The van der Waals surface area contributed by atoms with Crippen LogP contribution >= 0.6 is 12.4 Å². The Kier molecular flexibility index (Phi) is 12.5. The molecular formula is C31H45ClN4O5S. The highest BCUT2D eigenvalue weighted by atomic mass is 35.5. The van der Waals surface area contributed by atoms with Crippen LogP contribution in [0.3, 0.4) is 0 Å². The van der Waals surface area contributed by atoms with Crippen molar-refractivity contribution in [3.8, 4) is 11.5 Å². The number of carbonyl (C=O) groups excluding carboxylic acids is 1. The van der Waals surface area contributed by atoms with Crippen LogP contribution in [0.1, 0.15) is 57.9 Å². The van der Waals surface area contributed by atoms with Crippen LogP contribution in [0.15, 0.2) is 60.2 Å². The summed E-state index contributed by atoms with van der Waals surface area (Å²) in [5, 5.41) is 13.0. The normalized spacial score (nSPS) is 19.7. The van der Waals surface area contributed by atoms with Gasteiger partial charge in [-0.15, -0.1) is 12.4 Å². The van der Waals surface area contributed by atoms with Gasteiger partial charge in [-0.05, 0) is 94.3 Å². The van der Waals surface area contributed by atoms with Crippen molar-refractivity contribution < 1.29 is 23.1 Å². The highest BCUT2D eigenvalue weighted by molar-refractivity contribution is 7.92. The molecule has 1 aliphatic heterocycles. The van der Waals surface area contributed by atoms with E-state index in [-0.39, 0.29) is 36.6 Å². The molecule has 42 heavy (non-hydrogen) atoms. The molecule has 2 aromatic rings. The van der Waals surface area contributed by atoms with Crippen molar-refractivity contribution >= 4 is 34.1 Å². The van der Waals surface area contributed by atoms with Gasteiger partial charge in [0.1, 0.15) is 11.5 Å². The highest BCUT2D eigenvalue weighted by Gasteiger charge is 2.29. The van der Waals surface area contributed by atoms with Gasteiger partial charge < -0.3 is 20.1 Å². The number of urea groups is 1. The molecule has 0 unspecified atom stereocenters. The number of benzene rings is 2. The summed E-state index contributed by atoms with van der Waals surface area (Å²) in [5.41, 5.74) is 2.89. The second kappa shape index (κ2) is 15.6. The Hall–Kier alpha value is -2.79. The fourth-order valence-corrected chi connectivity index (χ4v) is 5.97. The maximum atomic E-state index is 13.3. The summed E-state index contributed by atoms with van der Waals surface area (Å²) in [6.07, 6.45) is 8.04. The summed E-state index contributed by atoms with van der Waals surface area (Å²) in [7, 11) is -3.31. The lowest BCUT2D eigenvalue weighted by Gasteiger charge is -2.39. The van der Waals surface area contributed by atoms with Gasteiger partial charge in [-0.1, -0.05) is 23.8 Å². The summed E-state index contributed by atoms with van der Waals surface area (Å²) in [6, 6.07) is 15.2. The molecule has 0 atom stereocenters. The number of ether oxygens (including phenoxy) is 1. The number of allylic oxidation sites excluding steroid dienone is 1. The van der Waals surface area contributed by atoms with Crippen LogP contribution in [0.4, 0.5) is 10.5 Å². The monoisotopic (exact) mass is 620 g/mol. The maximum Gasteiger partial charge on any atom is 0.318 e. The van der Waals surface area contributed by atoms with E-state index in [1.54, 1.807) is 24.3 Å². The summed E-state index contributed by atoms with van der Waals surface area (Å²) >= 11 is 0. The van der Waals surface area contributed by atoms with E-state index in [1.807, 2.05) is 17.0 Å². The zero-order valence-corrected chi connectivity index (χ0v) is 26.4. The molecule has 232 valence electrons. The number of aliphatic hydroxyl groups is 1. The molecule has 2 aliphatic rings. The van der Waals surface area contributed by atoms with E-state index in [9.17, 15) is 18.3 Å². The molecule has 2 amide bonds. The van der Waals surface area contributed by atoms with Crippen molar-refractivity contribution in [3.05, 3.63) is 65.7 Å². The van der Waals surface area contributed by atoms with E-state index in [0.29, 0.717) is 23.7 Å². The van der Waals surface area contributed by atoms with Crippen LogP contribution in [0.5, 0.6) is 11.5 Å². The molecular weight excluding hydrogens is 576 g/mol. The Balaban J connectivity index is 0.00000484. The minimum Gasteiger partial charge on any atom is -0.457 e. The summed E-state index contributed by atoms with van der Waals surface area (Å²) in [6.45, 7) is 7.42. The zero-order chi connectivity index (χ0) is 29.4. The SMILES string of the molecule is CC(C)=CCN(C(=O)NC1CCC(O)CC1)C1CCN(Cc2ccc(Oc3ccc(NS(C)(=O)=O)cc3)cc2)CC1.Cl. The molecule has 1 heterocycles. The number of piperidine rings is 1. The lowest BCUT2D eigenvalue weighted by atomic mass is 9.93. The Morgan fingerprint density at radius 1 is 0.976 bits per heavy atom. The van der Waals surface area contributed by atoms with Crippen LogP contribution in [-0.4, -0.2) is 73.4 Å². The number of aliphatic hydroxyl groups excluding tert-OH is 1. The summed E-state index contributed by atoms with van der Waals surface area (Å²) < 4.78 is 31.1. The van der Waals surface area contributed by atoms with Crippen LogP contribution in [0.2, 0.25) is 0 Å². The molecule has 3 N–H and O–H groups in total. The van der Waals surface area contributed by atoms with Gasteiger partial charge in [0.25, 0.3) is 0 Å². The average Bonchev–Trinajstić information content (AvgIpc) is 2.92. The fraction of sp³-hybridized carbons (Fsp3) is 0.516. The third-order valence-electron chi connectivity index (χ3n) is 7.70. The van der Waals surface area contributed by atoms with Crippen molar-refractivity contribution in [2.75, 3.05) is 30.6 Å². The molecule has 0 aromatic heterocycles. The number of carbonyl (C=O) groups is 1. The molecule has 0 bridgehead atoms. The van der Waals surface area contributed by atoms with Gasteiger partial charge in [-0.2, -0.15) is 0 Å². The van der Waals surface area contributed by atoms with Crippen LogP contribution in [-0.2, 0) is 16.6 Å². The quantitative estimate of drug-likeness (QED) is 0.302. The molecule has 1 saturated heterocycles. The Morgan fingerprint density at radius 3 is 2.10 bits per heavy atom. The third-order valence-corrected chi connectivity index (χ3v) is 8.31. The molecule has 1 saturated carbocycles. The number of nitrogens with zero attached hydrogens (tertiary/aromatic N) is 2. The standard InChI is InChI=1S/C31H44N4O5S.ClH/c1-23(2)16-21-35(31(37)32-25-6-10-28(36)11-7-25)27-17-19-34(20-18-27)22-24-4-12-29(13-5-24)40-30-14-8-26(9-15-30)33-41(3,38)39;/h4-5,8-9,12-16,25,27-28,33,36H,6-7,10-11,17-22H2,1-3H3,(H,32,37);1H. The van der Waals surface area contributed by atoms with Gasteiger partial charge in [0, 0.05) is 44.0 Å². The number of halogens is 1. The van der Waals surface area contributed by atoms with Gasteiger partial charge in [0.2, 0.25) is 10.0 Å². The van der Waals surface area contributed by atoms with Crippen molar-refractivity contribution in [2.45, 2.75) is 77.1 Å². The molecule has 2 aromatic carbocycles. The van der Waals surface area contributed by atoms with Crippen molar-refractivity contribution in [3.63, 3.8) is 0 Å². The second-order valence-corrected chi connectivity index (χ2v) is 13.3. The van der Waals surface area contributed by atoms with E-state index in [4.69, 9.17) is 4.74 Å². The molecule has 1 aliphatic carbocycles. The number of hydrogen-bond donors (Lipinski definition) is 3. The second-order valence-electron chi connectivity index (χ2n) is 11.5. The lowest BCUT2D eigenvalue weighted by molar-refractivity contribution is 0.105. The van der Waals surface area contributed by atoms with Crippen LogP contribution < -0.4 is 14.8 Å². The fourth-order valence-electron chi connectivity index (χ4n) is 5.41. The highest BCUT2D eigenvalue weighted by Crippen LogP contribution is 2.25. The predicted molar refractivity (Wildman–Crippen MR) is 170 cm³/mol. The third kappa shape index (κ3) is 10.8. The first-order valence-corrected chi connectivity index (χ1v) is 16.4. The van der Waals surface area contributed by atoms with E-state index in [1.165, 1.54) is 11.1 Å². The number of amides is 2. The maximum absolute atomic E-state index is 13.3. The minimum atomic E-state index is -3.31. The Labute approximate surface area is 256 Å². The number of anilines is 1. The first-order valence-electron chi connectivity index (χ1n) is 14.5. The van der Waals surface area contributed by atoms with E-state index in [0.717, 1.165) is 64.4 Å². The largest absolute Gasteiger partial charge is 0.457 e. The number of rotatable bonds is 10. The van der Waals surface area contributed by atoms with Crippen LogP contribution in [0.25, 0.3) is 0 Å². The molecule has 0 spiro atoms. The molecule has 11 heteroatoms. The van der Waals surface area contributed by atoms with E-state index >= 15 is 0 Å². The average molecular weight is 621 g/mol. The van der Waals surface area contributed by atoms with Gasteiger partial charge in [-0.25, -0.2) is 13.2 Å². The summed E-state index contributed by atoms with van der Waals surface area (Å²) in [4.78, 5) is 17.7. The number of likely N-dealkylation sites (tertiary alicyclic amines) is 1. The molecule has 4 rings (SSSR count). The molecule has 0 radical (unpaired) electrons. The minimum absolute atomic E-state index is 0. The van der Waals surface area contributed by atoms with Gasteiger partial charge in [-0.3, -0.25) is 9.62 Å². The summed E-state index contributed by atoms with van der Waals surface area (Å²) in [5.74, 6) is 1.34. The van der Waals surface area contributed by atoms with Gasteiger partial charge >= 0.3 is 6.03 Å². The first-order chi connectivity index (χ1) is 19.5. The number of hydrogen-bond acceptors (Lipinski definition) is 6. The van der Waals surface area contributed by atoms with E-state index < -0.39 is 10.0 Å². The Morgan fingerprint density at radius 2 is 1.55 bits per heavy atom.